The van der Waals surface area contributed by atoms with Crippen molar-refractivity contribution in [2.24, 2.45) is 5.16 Å². The molecule has 1 saturated heterocycles. The molecule has 166 valence electrons. The van der Waals surface area contributed by atoms with Crippen molar-refractivity contribution in [3.05, 3.63) is 22.3 Å². The fourth-order valence-electron chi connectivity index (χ4n) is 2.92. The van der Waals surface area contributed by atoms with Gasteiger partial charge in [-0.3, -0.25) is 14.5 Å². The average Bonchev–Trinajstić information content (AvgIpc) is 3.18. The number of thioether (sulfide) groups is 1. The van der Waals surface area contributed by atoms with Crippen LogP contribution >= 0.6 is 23.1 Å². The van der Waals surface area contributed by atoms with Crippen LogP contribution in [0.5, 0.6) is 0 Å². The molecule has 2 aliphatic heterocycles. The number of carbonyl (C=O) groups excluding carboxylic acids is 3. The van der Waals surface area contributed by atoms with Crippen LogP contribution in [0.15, 0.2) is 21.8 Å². The molecule has 31 heavy (non-hydrogen) atoms. The number of nitrogen functional groups attached to an aromatic ring is 1. The zero-order chi connectivity index (χ0) is 22.7. The highest BCUT2D eigenvalue weighted by molar-refractivity contribution is 8.00. The van der Waals surface area contributed by atoms with Gasteiger partial charge in [0.2, 0.25) is 0 Å². The van der Waals surface area contributed by atoms with Crippen molar-refractivity contribution in [2.45, 2.75) is 11.4 Å². The molecule has 1 aromatic rings. The molecule has 0 radical (unpaired) electrons. The molecule has 15 heteroatoms. The zero-order valence-electron chi connectivity index (χ0n) is 16.3. The number of oxime groups is 1. The number of carbonyl (C=O) groups is 4. The molecule has 0 aromatic carbocycles. The second-order valence-corrected chi connectivity index (χ2v) is 8.13. The van der Waals surface area contributed by atoms with E-state index in [1.807, 2.05) is 0 Å². The molecule has 1 aromatic heterocycles. The Hall–Kier alpha value is -3.33. The van der Waals surface area contributed by atoms with Crippen molar-refractivity contribution >= 4 is 57.8 Å². The molecule has 3 rings (SSSR count). The summed E-state index contributed by atoms with van der Waals surface area (Å²) < 4.78 is 4.92. The second kappa shape index (κ2) is 9.22. The summed E-state index contributed by atoms with van der Waals surface area (Å²) in [6.07, 6.45) is -0.725. The fraction of sp³-hybridized carbons (Fsp3) is 0.375. The molecular weight excluding hydrogens is 452 g/mol. The van der Waals surface area contributed by atoms with Crippen molar-refractivity contribution in [3.8, 4) is 0 Å². The molecule has 3 heterocycles. The van der Waals surface area contributed by atoms with Crippen LogP contribution < -0.4 is 16.4 Å². The first-order chi connectivity index (χ1) is 14.8. The van der Waals surface area contributed by atoms with E-state index in [1.54, 1.807) is 0 Å². The molecule has 5 N–H and O–H groups in total. The molecule has 0 spiro atoms. The van der Waals surface area contributed by atoms with E-state index < -0.39 is 35.3 Å². The van der Waals surface area contributed by atoms with Crippen molar-refractivity contribution in [3.63, 3.8) is 0 Å². The molecule has 1 fully saturated rings. The maximum absolute atomic E-state index is 12.7. The highest BCUT2D eigenvalue weighted by Crippen LogP contribution is 2.40. The first kappa shape index (κ1) is 22.4. The van der Waals surface area contributed by atoms with Crippen LogP contribution in [0.1, 0.15) is 5.69 Å². The van der Waals surface area contributed by atoms with E-state index in [0.29, 0.717) is 0 Å². The lowest BCUT2D eigenvalue weighted by Gasteiger charge is -2.49. The van der Waals surface area contributed by atoms with Crippen LogP contribution in [-0.2, 0) is 24.0 Å². The van der Waals surface area contributed by atoms with Gasteiger partial charge in [0.25, 0.3) is 11.8 Å². The minimum atomic E-state index is -1.33. The van der Waals surface area contributed by atoms with Crippen molar-refractivity contribution in [1.29, 1.82) is 0 Å². The lowest BCUT2D eigenvalue weighted by atomic mass is 10.0. The number of hydrogen-bond donors (Lipinski definition) is 4. The monoisotopic (exact) mass is 470 g/mol. The van der Waals surface area contributed by atoms with Gasteiger partial charge in [-0.1, -0.05) is 5.16 Å². The Bertz CT molecular complexity index is 991. The molecule has 13 nitrogen and oxygen atoms in total. The van der Waals surface area contributed by atoms with Crippen molar-refractivity contribution in [2.75, 3.05) is 32.3 Å². The van der Waals surface area contributed by atoms with E-state index >= 15 is 0 Å². The van der Waals surface area contributed by atoms with E-state index in [9.17, 15) is 24.3 Å². The lowest BCUT2D eigenvalue weighted by molar-refractivity contribution is -0.150. The van der Waals surface area contributed by atoms with Crippen LogP contribution in [-0.4, -0.2) is 82.5 Å². The quantitative estimate of drug-likeness (QED) is 0.223. The molecule has 0 saturated carbocycles. The summed E-state index contributed by atoms with van der Waals surface area (Å²) >= 11 is 2.34. The zero-order valence-corrected chi connectivity index (χ0v) is 17.9. The average molecular weight is 470 g/mol. The van der Waals surface area contributed by atoms with Crippen molar-refractivity contribution < 1.29 is 33.9 Å². The summed E-state index contributed by atoms with van der Waals surface area (Å²) in [6.45, 7) is -0.280. The Morgan fingerprint density at radius 1 is 1.45 bits per heavy atom. The number of carboxylic acid groups (broad SMARTS) is 1. The third-order valence-corrected chi connectivity index (χ3v) is 6.29. The number of thiazole rings is 1. The fourth-order valence-corrected chi connectivity index (χ4v) is 4.80. The number of aromatic nitrogens is 1. The van der Waals surface area contributed by atoms with Gasteiger partial charge in [0.1, 0.15) is 36.5 Å². The largest absolute Gasteiger partial charge is 0.477 e. The van der Waals surface area contributed by atoms with Gasteiger partial charge in [-0.25, -0.2) is 14.6 Å². The number of nitrogens with one attached hydrogen (secondary N) is 2. The van der Waals surface area contributed by atoms with E-state index in [4.69, 9.17) is 15.3 Å². The van der Waals surface area contributed by atoms with Gasteiger partial charge in [-0.05, 0) is 0 Å². The van der Waals surface area contributed by atoms with Crippen LogP contribution in [0.3, 0.4) is 0 Å². The highest BCUT2D eigenvalue weighted by atomic mass is 32.2. The summed E-state index contributed by atoms with van der Waals surface area (Å²) in [5.74, 6) is -2.48. The molecule has 0 bridgehead atoms. The number of fused-ring (bicyclic) bond motifs is 1. The van der Waals surface area contributed by atoms with Crippen LogP contribution in [0.4, 0.5) is 9.93 Å². The summed E-state index contributed by atoms with van der Waals surface area (Å²) in [4.78, 5) is 58.2. The van der Waals surface area contributed by atoms with Gasteiger partial charge in [0, 0.05) is 23.8 Å². The normalized spacial score (nSPS) is 20.5. The molecule has 0 aliphatic carbocycles. The summed E-state index contributed by atoms with van der Waals surface area (Å²) in [6, 6.07) is -0.980. The lowest BCUT2D eigenvalue weighted by Crippen LogP contribution is -2.71. The molecular formula is C16H18N6O7S2. The van der Waals surface area contributed by atoms with E-state index in [2.05, 4.69) is 20.8 Å². The maximum atomic E-state index is 12.7. The SMILES string of the molecule is CNC(=O)OCC1=C(C(=O)O)N2C(=O)[C@@H](NC(=O)/C(=N\OC)c3csc(N)n3)[C@H]2SC1. The number of anilines is 1. The van der Waals surface area contributed by atoms with Gasteiger partial charge >= 0.3 is 12.1 Å². The van der Waals surface area contributed by atoms with Gasteiger partial charge in [-0.15, -0.1) is 23.1 Å². The Labute approximate surface area is 183 Å². The molecule has 0 unspecified atom stereocenters. The number of carboxylic acids is 1. The third kappa shape index (κ3) is 4.41. The standard InChI is InChI=1S/C16H18N6O7S2/c1-18-16(27)29-3-6-4-30-13-9(12(24)22(13)10(6)14(25)26)20-11(23)8(21-28-2)7-5-31-15(17)19-7/h5,9,13H,3-4H2,1-2H3,(H2,17,19)(H,18,27)(H,20,23)(H,25,26)/b21-8-/t9-,13-/m1/s1. The van der Waals surface area contributed by atoms with Gasteiger partial charge in [0.05, 0.1) is 0 Å². The Kier molecular flexibility index (Phi) is 6.65. The number of nitrogens with two attached hydrogens (primary N) is 1. The van der Waals surface area contributed by atoms with Gasteiger partial charge in [0.15, 0.2) is 10.8 Å². The summed E-state index contributed by atoms with van der Waals surface area (Å²) in [7, 11) is 2.62. The Morgan fingerprint density at radius 3 is 2.77 bits per heavy atom. The number of rotatable bonds is 7. The van der Waals surface area contributed by atoms with Crippen molar-refractivity contribution in [1.82, 2.24) is 20.5 Å². The molecule has 2 atom stereocenters. The molecule has 3 amide bonds. The molecule has 2 aliphatic rings. The highest BCUT2D eigenvalue weighted by Gasteiger charge is 2.54. The van der Waals surface area contributed by atoms with E-state index in [1.165, 1.54) is 31.3 Å². The number of aliphatic carboxylic acids is 1. The number of β-lactam (4-membered cyclic amide) rings is 1. The minimum Gasteiger partial charge on any atom is -0.477 e. The number of ether oxygens (including phenoxy) is 1. The predicted octanol–water partition coefficient (Wildman–Crippen LogP) is -0.830. The van der Waals surface area contributed by atoms with Crippen LogP contribution in [0, 0.1) is 0 Å². The number of alkyl carbamates (subject to hydrolysis) is 1. The van der Waals surface area contributed by atoms with Gasteiger partial charge < -0.3 is 31.0 Å². The summed E-state index contributed by atoms with van der Waals surface area (Å²) in [5.41, 5.74) is 5.61. The Balaban J connectivity index is 1.76. The second-order valence-electron chi connectivity index (χ2n) is 6.14. The topological polar surface area (TPSA) is 186 Å². The van der Waals surface area contributed by atoms with Crippen LogP contribution in [0.25, 0.3) is 0 Å². The Morgan fingerprint density at radius 2 is 2.19 bits per heavy atom. The minimum absolute atomic E-state index is 0.170. The third-order valence-electron chi connectivity index (χ3n) is 4.28. The number of hydrogen-bond acceptors (Lipinski definition) is 11. The smallest absolute Gasteiger partial charge is 0.407 e. The number of amides is 3. The van der Waals surface area contributed by atoms with E-state index in [0.717, 1.165) is 16.2 Å². The van der Waals surface area contributed by atoms with Crippen LogP contribution in [0.2, 0.25) is 0 Å². The predicted molar refractivity (Wildman–Crippen MR) is 110 cm³/mol. The first-order valence-corrected chi connectivity index (χ1v) is 10.6. The maximum Gasteiger partial charge on any atom is 0.407 e. The summed E-state index contributed by atoms with van der Waals surface area (Å²) in [5, 5.41) is 19.1. The first-order valence-electron chi connectivity index (χ1n) is 8.66. The van der Waals surface area contributed by atoms with E-state index in [-0.39, 0.29) is 40.2 Å². The van der Waals surface area contributed by atoms with Gasteiger partial charge in [-0.2, -0.15) is 0 Å². The number of nitrogens with zero attached hydrogens (tertiary/aromatic N) is 3.